The summed E-state index contributed by atoms with van der Waals surface area (Å²) in [6.45, 7) is 5.42. The Kier molecular flexibility index (Phi) is 4.17. The molecule has 1 fully saturated rings. The molecule has 2 rings (SSSR count). The van der Waals surface area contributed by atoms with Crippen LogP contribution >= 0.6 is 0 Å². The first kappa shape index (κ1) is 14.0. The van der Waals surface area contributed by atoms with Gasteiger partial charge in [0.2, 0.25) is 5.91 Å². The van der Waals surface area contributed by atoms with Crippen molar-refractivity contribution in [2.75, 3.05) is 19.7 Å². The molecule has 4 nitrogen and oxygen atoms in total. The van der Waals surface area contributed by atoms with Gasteiger partial charge in [0, 0.05) is 13.1 Å². The molecular formula is C14H19FN2O2. The largest absolute Gasteiger partial charge is 0.363 e. The van der Waals surface area contributed by atoms with E-state index in [0.29, 0.717) is 0 Å². The van der Waals surface area contributed by atoms with Crippen molar-refractivity contribution in [3.8, 4) is 0 Å². The second-order valence-electron chi connectivity index (χ2n) is 5.18. The number of hydrogen-bond donors (Lipinski definition) is 2. The summed E-state index contributed by atoms with van der Waals surface area (Å²) in [5.41, 5.74) is 0.641. The molecule has 0 aliphatic carbocycles. The van der Waals surface area contributed by atoms with Crippen LogP contribution in [0, 0.1) is 5.82 Å². The van der Waals surface area contributed by atoms with Crippen LogP contribution in [0.1, 0.15) is 25.5 Å². The topological polar surface area (TPSA) is 50.4 Å². The van der Waals surface area contributed by atoms with E-state index in [0.717, 1.165) is 18.7 Å². The van der Waals surface area contributed by atoms with Crippen LogP contribution in [-0.2, 0) is 9.53 Å². The third-order valence-corrected chi connectivity index (χ3v) is 3.30. The second-order valence-corrected chi connectivity index (χ2v) is 5.18. The van der Waals surface area contributed by atoms with Gasteiger partial charge in [-0.2, -0.15) is 0 Å². The lowest BCUT2D eigenvalue weighted by Crippen LogP contribution is -2.59. The van der Waals surface area contributed by atoms with E-state index in [-0.39, 0.29) is 30.0 Å². The number of carbonyl (C=O) groups excluding carboxylic acids is 1. The minimum Gasteiger partial charge on any atom is -0.363 e. The zero-order valence-corrected chi connectivity index (χ0v) is 11.2. The maximum absolute atomic E-state index is 12.8. The zero-order valence-electron chi connectivity index (χ0n) is 11.2. The average Bonchev–Trinajstić information content (AvgIpc) is 2.35. The minimum absolute atomic E-state index is 0.0454. The number of carbonyl (C=O) groups is 1. The van der Waals surface area contributed by atoms with Crippen LogP contribution in [-0.4, -0.2) is 31.2 Å². The predicted molar refractivity (Wildman–Crippen MR) is 70.2 cm³/mol. The highest BCUT2D eigenvalue weighted by molar-refractivity contribution is 5.77. The van der Waals surface area contributed by atoms with Crippen molar-refractivity contribution in [3.05, 3.63) is 35.6 Å². The molecule has 1 aliphatic heterocycles. The molecule has 1 aliphatic rings. The molecule has 0 spiro atoms. The van der Waals surface area contributed by atoms with E-state index in [2.05, 4.69) is 10.6 Å². The number of amides is 1. The molecule has 0 saturated carbocycles. The number of benzene rings is 1. The standard InChI is InChI=1S/C14H19FN2O2/c1-10(11-3-5-12(15)6-4-11)17-13(18)7-19-14(2)8-16-9-14/h3-6,10,16H,7-9H2,1-2H3,(H,17,18)/t10-/m0/s1. The van der Waals surface area contributed by atoms with Gasteiger partial charge in [-0.1, -0.05) is 12.1 Å². The monoisotopic (exact) mass is 266 g/mol. The number of rotatable bonds is 5. The van der Waals surface area contributed by atoms with E-state index in [1.807, 2.05) is 13.8 Å². The van der Waals surface area contributed by atoms with Crippen molar-refractivity contribution in [2.45, 2.75) is 25.5 Å². The van der Waals surface area contributed by atoms with Crippen molar-refractivity contribution in [1.82, 2.24) is 10.6 Å². The molecule has 104 valence electrons. The first-order valence-corrected chi connectivity index (χ1v) is 6.38. The molecule has 1 amide bonds. The molecule has 2 N–H and O–H groups in total. The summed E-state index contributed by atoms with van der Waals surface area (Å²) in [5.74, 6) is -0.444. The summed E-state index contributed by atoms with van der Waals surface area (Å²) in [6, 6.07) is 5.94. The number of hydrogen-bond acceptors (Lipinski definition) is 3. The van der Waals surface area contributed by atoms with Gasteiger partial charge < -0.3 is 15.4 Å². The van der Waals surface area contributed by atoms with Crippen LogP contribution < -0.4 is 10.6 Å². The highest BCUT2D eigenvalue weighted by Gasteiger charge is 2.33. The molecule has 0 aromatic heterocycles. The van der Waals surface area contributed by atoms with E-state index in [1.165, 1.54) is 12.1 Å². The molecule has 1 aromatic carbocycles. The van der Waals surface area contributed by atoms with Gasteiger partial charge in [-0.15, -0.1) is 0 Å². The lowest BCUT2D eigenvalue weighted by Gasteiger charge is -2.38. The van der Waals surface area contributed by atoms with Crippen LogP contribution in [0.4, 0.5) is 4.39 Å². The normalized spacial score (nSPS) is 18.5. The highest BCUT2D eigenvalue weighted by Crippen LogP contribution is 2.16. The van der Waals surface area contributed by atoms with E-state index in [1.54, 1.807) is 12.1 Å². The third kappa shape index (κ3) is 3.75. The fourth-order valence-electron chi connectivity index (χ4n) is 1.94. The Hall–Kier alpha value is -1.46. The summed E-state index contributed by atoms with van der Waals surface area (Å²) in [7, 11) is 0. The lowest BCUT2D eigenvalue weighted by atomic mass is 10.0. The van der Waals surface area contributed by atoms with E-state index in [4.69, 9.17) is 4.74 Å². The van der Waals surface area contributed by atoms with Crippen LogP contribution in [0.25, 0.3) is 0 Å². The molecule has 1 heterocycles. The molecule has 1 saturated heterocycles. The van der Waals surface area contributed by atoms with Gasteiger partial charge in [-0.25, -0.2) is 4.39 Å². The number of halogens is 1. The fraction of sp³-hybridized carbons (Fsp3) is 0.500. The Morgan fingerprint density at radius 1 is 1.47 bits per heavy atom. The Morgan fingerprint density at radius 3 is 2.63 bits per heavy atom. The third-order valence-electron chi connectivity index (χ3n) is 3.30. The van der Waals surface area contributed by atoms with Crippen molar-refractivity contribution in [2.24, 2.45) is 0 Å². The summed E-state index contributed by atoms with van der Waals surface area (Å²) in [5, 5.41) is 5.93. The van der Waals surface area contributed by atoms with Crippen LogP contribution in [0.3, 0.4) is 0 Å². The van der Waals surface area contributed by atoms with Gasteiger partial charge in [0.15, 0.2) is 0 Å². The molecule has 19 heavy (non-hydrogen) atoms. The lowest BCUT2D eigenvalue weighted by molar-refractivity contribution is -0.136. The SMILES string of the molecule is C[C@H](NC(=O)COC1(C)CNC1)c1ccc(F)cc1. The Labute approximate surface area is 112 Å². The summed E-state index contributed by atoms with van der Waals surface area (Å²) < 4.78 is 18.3. The molecule has 5 heteroatoms. The predicted octanol–water partition coefficient (Wildman–Crippen LogP) is 1.38. The molecule has 0 unspecified atom stereocenters. The van der Waals surface area contributed by atoms with Crippen molar-refractivity contribution >= 4 is 5.91 Å². The first-order chi connectivity index (χ1) is 8.98. The van der Waals surface area contributed by atoms with Crippen LogP contribution in [0.2, 0.25) is 0 Å². The van der Waals surface area contributed by atoms with Crippen molar-refractivity contribution < 1.29 is 13.9 Å². The Balaban J connectivity index is 1.79. The molecule has 1 aromatic rings. The smallest absolute Gasteiger partial charge is 0.246 e. The molecule has 0 bridgehead atoms. The van der Waals surface area contributed by atoms with Gasteiger partial charge in [0.1, 0.15) is 12.4 Å². The average molecular weight is 266 g/mol. The Morgan fingerprint density at radius 2 is 2.11 bits per heavy atom. The van der Waals surface area contributed by atoms with Crippen LogP contribution in [0.5, 0.6) is 0 Å². The zero-order chi connectivity index (χ0) is 13.9. The van der Waals surface area contributed by atoms with Crippen LogP contribution in [0.15, 0.2) is 24.3 Å². The number of nitrogens with one attached hydrogen (secondary N) is 2. The van der Waals surface area contributed by atoms with Gasteiger partial charge in [0.25, 0.3) is 0 Å². The first-order valence-electron chi connectivity index (χ1n) is 6.38. The van der Waals surface area contributed by atoms with Gasteiger partial charge in [-0.05, 0) is 31.5 Å². The second kappa shape index (κ2) is 5.67. The maximum Gasteiger partial charge on any atom is 0.246 e. The van der Waals surface area contributed by atoms with Gasteiger partial charge in [0.05, 0.1) is 11.6 Å². The Bertz CT molecular complexity index is 443. The van der Waals surface area contributed by atoms with Crippen molar-refractivity contribution in [3.63, 3.8) is 0 Å². The summed E-state index contributed by atoms with van der Waals surface area (Å²) in [6.07, 6.45) is 0. The summed E-state index contributed by atoms with van der Waals surface area (Å²) in [4.78, 5) is 11.7. The van der Waals surface area contributed by atoms with E-state index >= 15 is 0 Å². The summed E-state index contributed by atoms with van der Waals surface area (Å²) >= 11 is 0. The van der Waals surface area contributed by atoms with Crippen molar-refractivity contribution in [1.29, 1.82) is 0 Å². The van der Waals surface area contributed by atoms with Gasteiger partial charge in [-0.3, -0.25) is 4.79 Å². The molecule has 0 radical (unpaired) electrons. The fourth-order valence-corrected chi connectivity index (χ4v) is 1.94. The van der Waals surface area contributed by atoms with Gasteiger partial charge >= 0.3 is 0 Å². The molecule has 1 atom stereocenters. The maximum atomic E-state index is 12.8. The van der Waals surface area contributed by atoms with E-state index < -0.39 is 0 Å². The van der Waals surface area contributed by atoms with E-state index in [9.17, 15) is 9.18 Å². The molecular weight excluding hydrogens is 247 g/mol. The quantitative estimate of drug-likeness (QED) is 0.846. The minimum atomic E-state index is -0.281. The number of ether oxygens (including phenoxy) is 1. The highest BCUT2D eigenvalue weighted by atomic mass is 19.1.